The van der Waals surface area contributed by atoms with Gasteiger partial charge < -0.3 is 10.1 Å². The Kier molecular flexibility index (Phi) is 4.25. The van der Waals surface area contributed by atoms with Gasteiger partial charge in [-0.15, -0.1) is 0 Å². The number of benzene rings is 2. The van der Waals surface area contributed by atoms with Crippen LogP contribution in [0.4, 0.5) is 0 Å². The third-order valence-electron chi connectivity index (χ3n) is 4.68. The van der Waals surface area contributed by atoms with Crippen molar-refractivity contribution in [2.75, 3.05) is 13.7 Å². The molecule has 1 N–H and O–H groups in total. The molecule has 1 aliphatic heterocycles. The van der Waals surface area contributed by atoms with Crippen molar-refractivity contribution in [1.29, 1.82) is 0 Å². The van der Waals surface area contributed by atoms with E-state index in [1.807, 2.05) is 0 Å². The van der Waals surface area contributed by atoms with Gasteiger partial charge in [0.15, 0.2) is 0 Å². The van der Waals surface area contributed by atoms with Crippen LogP contribution in [0.1, 0.15) is 23.6 Å². The standard InChI is InChI=1S/C20H22N2OS/c1-3-14-7-8-18(23-2)19(11-14)24-22-13-16-9-10-21-12-15-5-4-6-17(22)20(15)16/h4-8,11,13,21H,3,9-10,12H2,1-2H3. The average Bonchev–Trinajstić information content (AvgIpc) is 2.83. The van der Waals surface area contributed by atoms with Crippen LogP contribution in [0.25, 0.3) is 10.9 Å². The fourth-order valence-corrected chi connectivity index (χ4v) is 4.48. The van der Waals surface area contributed by atoms with Gasteiger partial charge in [-0.2, -0.15) is 0 Å². The molecule has 2 heterocycles. The summed E-state index contributed by atoms with van der Waals surface area (Å²) in [5.41, 5.74) is 5.46. The largest absolute Gasteiger partial charge is 0.496 e. The normalized spacial score (nSPS) is 13.9. The Bertz CT molecular complexity index is 885. The van der Waals surface area contributed by atoms with Crippen LogP contribution in [-0.4, -0.2) is 17.6 Å². The minimum absolute atomic E-state index is 0.936. The van der Waals surface area contributed by atoms with Gasteiger partial charge in [0.2, 0.25) is 0 Å². The first kappa shape index (κ1) is 15.6. The van der Waals surface area contributed by atoms with Crippen LogP contribution in [0.3, 0.4) is 0 Å². The van der Waals surface area contributed by atoms with Gasteiger partial charge in [-0.1, -0.05) is 25.1 Å². The highest BCUT2D eigenvalue weighted by atomic mass is 32.2. The second-order valence-electron chi connectivity index (χ2n) is 6.15. The first-order valence-corrected chi connectivity index (χ1v) is 9.25. The number of hydrogen-bond acceptors (Lipinski definition) is 3. The molecule has 0 saturated carbocycles. The highest BCUT2D eigenvalue weighted by Gasteiger charge is 2.16. The van der Waals surface area contributed by atoms with Crippen molar-refractivity contribution in [3.63, 3.8) is 0 Å². The highest BCUT2D eigenvalue weighted by Crippen LogP contribution is 2.36. The average molecular weight is 338 g/mol. The van der Waals surface area contributed by atoms with Crippen molar-refractivity contribution in [2.24, 2.45) is 0 Å². The molecule has 0 aliphatic carbocycles. The van der Waals surface area contributed by atoms with Crippen LogP contribution < -0.4 is 10.1 Å². The van der Waals surface area contributed by atoms with Gasteiger partial charge in [0.1, 0.15) is 5.75 Å². The quantitative estimate of drug-likeness (QED) is 0.763. The van der Waals surface area contributed by atoms with Crippen LogP contribution in [0.2, 0.25) is 0 Å². The molecular formula is C20H22N2OS. The zero-order chi connectivity index (χ0) is 16.5. The summed E-state index contributed by atoms with van der Waals surface area (Å²) in [5.74, 6) is 0.936. The Labute approximate surface area is 147 Å². The molecule has 0 unspecified atom stereocenters. The van der Waals surface area contributed by atoms with Gasteiger partial charge in [0.05, 0.1) is 17.5 Å². The molecule has 0 radical (unpaired) electrons. The maximum absolute atomic E-state index is 5.57. The molecule has 0 bridgehead atoms. The lowest BCUT2D eigenvalue weighted by Gasteiger charge is -2.11. The number of nitrogens with zero attached hydrogens (tertiary/aromatic N) is 1. The minimum Gasteiger partial charge on any atom is -0.496 e. The molecule has 1 aliphatic rings. The van der Waals surface area contributed by atoms with E-state index in [1.54, 1.807) is 19.1 Å². The summed E-state index contributed by atoms with van der Waals surface area (Å²) in [6.07, 6.45) is 4.40. The molecule has 124 valence electrons. The lowest BCUT2D eigenvalue weighted by molar-refractivity contribution is 0.404. The second-order valence-corrected chi connectivity index (χ2v) is 7.16. The van der Waals surface area contributed by atoms with Gasteiger partial charge in [0.25, 0.3) is 0 Å². The fraction of sp³-hybridized carbons (Fsp3) is 0.300. The number of hydrogen-bond donors (Lipinski definition) is 1. The van der Waals surface area contributed by atoms with Crippen molar-refractivity contribution >= 4 is 22.9 Å². The first-order valence-electron chi connectivity index (χ1n) is 8.48. The number of nitrogens with one attached hydrogen (secondary N) is 1. The number of aryl methyl sites for hydroxylation is 1. The fourth-order valence-electron chi connectivity index (χ4n) is 3.39. The molecule has 0 fully saturated rings. The summed E-state index contributed by atoms with van der Waals surface area (Å²) < 4.78 is 7.88. The van der Waals surface area contributed by atoms with Gasteiger partial charge in [-0.3, -0.25) is 3.97 Å². The number of methoxy groups -OCH3 is 1. The Balaban J connectivity index is 1.81. The van der Waals surface area contributed by atoms with Gasteiger partial charge >= 0.3 is 0 Å². The summed E-state index contributed by atoms with van der Waals surface area (Å²) in [5, 5.41) is 4.92. The zero-order valence-corrected chi connectivity index (χ0v) is 15.0. The number of aromatic nitrogens is 1. The Morgan fingerprint density at radius 3 is 2.96 bits per heavy atom. The maximum atomic E-state index is 5.57. The van der Waals surface area contributed by atoms with Crippen molar-refractivity contribution < 1.29 is 4.74 Å². The number of ether oxygens (including phenoxy) is 1. The zero-order valence-electron chi connectivity index (χ0n) is 14.1. The van der Waals surface area contributed by atoms with Crippen LogP contribution in [-0.2, 0) is 19.4 Å². The molecule has 4 rings (SSSR count). The van der Waals surface area contributed by atoms with E-state index in [9.17, 15) is 0 Å². The van der Waals surface area contributed by atoms with Crippen molar-refractivity contribution in [2.45, 2.75) is 31.2 Å². The predicted octanol–water partition coefficient (Wildman–Crippen LogP) is 4.41. The SMILES string of the molecule is CCc1ccc(OC)c(Sn2cc3c4c(cccc42)CNCC3)c1. The first-order chi connectivity index (χ1) is 11.8. The van der Waals surface area contributed by atoms with E-state index in [2.05, 4.69) is 58.8 Å². The van der Waals surface area contributed by atoms with Crippen molar-refractivity contribution in [3.05, 3.63) is 59.3 Å². The van der Waals surface area contributed by atoms with E-state index in [0.29, 0.717) is 0 Å². The smallest absolute Gasteiger partial charge is 0.134 e. The molecule has 3 nitrogen and oxygen atoms in total. The van der Waals surface area contributed by atoms with E-state index in [-0.39, 0.29) is 0 Å². The van der Waals surface area contributed by atoms with Crippen LogP contribution in [0.5, 0.6) is 5.75 Å². The molecule has 0 amide bonds. The number of rotatable bonds is 4. The molecule has 1 aromatic heterocycles. The Morgan fingerprint density at radius 1 is 1.21 bits per heavy atom. The van der Waals surface area contributed by atoms with Crippen LogP contribution in [0.15, 0.2) is 47.5 Å². The Hall–Kier alpha value is -1.91. The lowest BCUT2D eigenvalue weighted by atomic mass is 10.1. The third-order valence-corrected chi connectivity index (χ3v) is 5.69. The third kappa shape index (κ3) is 2.70. The predicted molar refractivity (Wildman–Crippen MR) is 101 cm³/mol. The van der Waals surface area contributed by atoms with Gasteiger partial charge in [-0.05, 0) is 66.2 Å². The van der Waals surface area contributed by atoms with Gasteiger partial charge in [-0.25, -0.2) is 0 Å². The summed E-state index contributed by atoms with van der Waals surface area (Å²) in [7, 11) is 1.74. The molecule has 4 heteroatoms. The van der Waals surface area contributed by atoms with Crippen molar-refractivity contribution in [1.82, 2.24) is 9.29 Å². The Morgan fingerprint density at radius 2 is 2.12 bits per heavy atom. The van der Waals surface area contributed by atoms with E-state index in [4.69, 9.17) is 4.74 Å². The van der Waals surface area contributed by atoms with E-state index < -0.39 is 0 Å². The van der Waals surface area contributed by atoms with Gasteiger partial charge in [0, 0.05) is 18.1 Å². The molecular weight excluding hydrogens is 316 g/mol. The molecule has 3 aromatic rings. The molecule has 0 spiro atoms. The highest BCUT2D eigenvalue weighted by molar-refractivity contribution is 7.98. The second kappa shape index (κ2) is 6.54. The minimum atomic E-state index is 0.936. The molecule has 24 heavy (non-hydrogen) atoms. The summed E-state index contributed by atoms with van der Waals surface area (Å²) in [4.78, 5) is 1.17. The van der Waals surface area contributed by atoms with E-state index >= 15 is 0 Å². The maximum Gasteiger partial charge on any atom is 0.134 e. The molecule has 2 aromatic carbocycles. The summed E-state index contributed by atoms with van der Waals surface area (Å²) >= 11 is 1.75. The summed E-state index contributed by atoms with van der Waals surface area (Å²) in [6.45, 7) is 4.17. The van der Waals surface area contributed by atoms with Crippen molar-refractivity contribution in [3.8, 4) is 5.75 Å². The topological polar surface area (TPSA) is 26.2 Å². The lowest BCUT2D eigenvalue weighted by Crippen LogP contribution is -2.13. The van der Waals surface area contributed by atoms with E-state index in [1.165, 1.54) is 32.5 Å². The van der Waals surface area contributed by atoms with E-state index in [0.717, 1.165) is 31.7 Å². The molecule has 0 saturated heterocycles. The van der Waals surface area contributed by atoms with Crippen LogP contribution >= 0.6 is 11.9 Å². The monoisotopic (exact) mass is 338 g/mol. The van der Waals surface area contributed by atoms with Crippen LogP contribution in [0, 0.1) is 0 Å². The molecule has 0 atom stereocenters. The summed E-state index contributed by atoms with van der Waals surface area (Å²) in [6, 6.07) is 13.1.